The molecular formula is C13H24O12. The summed E-state index contributed by atoms with van der Waals surface area (Å²) in [5.74, 6) is 0. The summed E-state index contributed by atoms with van der Waals surface area (Å²) >= 11 is 0. The fourth-order valence-corrected chi connectivity index (χ4v) is 2.80. The first kappa shape index (κ1) is 20.8. The maximum Gasteiger partial charge on any atom is 0.187 e. The van der Waals surface area contributed by atoms with Crippen molar-refractivity contribution in [3.05, 3.63) is 0 Å². The number of rotatable bonds is 5. The van der Waals surface area contributed by atoms with Crippen LogP contribution in [-0.4, -0.2) is 127 Å². The summed E-state index contributed by atoms with van der Waals surface area (Å²) in [4.78, 5) is 0. The normalized spacial score (nSPS) is 49.8. The minimum Gasteiger partial charge on any atom is -0.394 e. The van der Waals surface area contributed by atoms with Crippen molar-refractivity contribution in [3.63, 3.8) is 0 Å². The number of aliphatic hydroxyl groups excluding tert-OH is 9. The van der Waals surface area contributed by atoms with Gasteiger partial charge in [0.15, 0.2) is 12.6 Å². The van der Waals surface area contributed by atoms with Gasteiger partial charge in [-0.25, -0.2) is 0 Å². The summed E-state index contributed by atoms with van der Waals surface area (Å²) in [6.07, 6.45) is -18.2. The van der Waals surface area contributed by atoms with Crippen molar-refractivity contribution in [3.8, 4) is 0 Å². The van der Waals surface area contributed by atoms with E-state index in [0.717, 1.165) is 0 Å². The van der Waals surface area contributed by atoms with Gasteiger partial charge in [0.05, 0.1) is 13.2 Å². The minimum absolute atomic E-state index is 0.720. The maximum atomic E-state index is 10.0. The van der Waals surface area contributed by atoms with Crippen LogP contribution in [0.25, 0.3) is 0 Å². The number of hydrogen-bond donors (Lipinski definition) is 9. The van der Waals surface area contributed by atoms with Crippen LogP contribution in [0.3, 0.4) is 0 Å². The third kappa shape index (κ3) is 4.10. The van der Waals surface area contributed by atoms with Gasteiger partial charge < -0.3 is 60.2 Å². The molecule has 148 valence electrons. The quantitative estimate of drug-likeness (QED) is 0.221. The van der Waals surface area contributed by atoms with Crippen molar-refractivity contribution in [2.24, 2.45) is 0 Å². The second-order valence-corrected chi connectivity index (χ2v) is 6.02. The molecule has 0 aromatic rings. The van der Waals surface area contributed by atoms with E-state index in [9.17, 15) is 40.9 Å². The smallest absolute Gasteiger partial charge is 0.187 e. The summed E-state index contributed by atoms with van der Waals surface area (Å²) in [5, 5.41) is 86.6. The van der Waals surface area contributed by atoms with Gasteiger partial charge in [-0.05, 0) is 0 Å². The number of aliphatic hydroxyl groups is 9. The lowest BCUT2D eigenvalue weighted by Crippen LogP contribution is -2.65. The van der Waals surface area contributed by atoms with Crippen LogP contribution in [-0.2, 0) is 14.2 Å². The largest absolute Gasteiger partial charge is 0.394 e. The van der Waals surface area contributed by atoms with Gasteiger partial charge in [0.25, 0.3) is 0 Å². The Morgan fingerprint density at radius 2 is 1.44 bits per heavy atom. The van der Waals surface area contributed by atoms with Crippen molar-refractivity contribution in [1.29, 1.82) is 0 Å². The highest BCUT2D eigenvalue weighted by Crippen LogP contribution is 2.29. The van der Waals surface area contributed by atoms with E-state index >= 15 is 0 Å². The van der Waals surface area contributed by atoms with E-state index in [1.807, 2.05) is 0 Å². The lowest BCUT2D eigenvalue weighted by molar-refractivity contribution is -0.359. The molecule has 0 aromatic heterocycles. The summed E-state index contributed by atoms with van der Waals surface area (Å²) in [7, 11) is 0. The van der Waals surface area contributed by atoms with Crippen LogP contribution in [0.4, 0.5) is 0 Å². The molecule has 2 rings (SSSR count). The molecule has 2 aliphatic heterocycles. The molecule has 2 heterocycles. The Bertz CT molecular complexity index is 422. The molecule has 11 atom stereocenters. The molecular weight excluding hydrogens is 348 g/mol. The molecule has 0 spiro atoms. The summed E-state index contributed by atoms with van der Waals surface area (Å²) in [5.41, 5.74) is 0. The molecule has 0 aliphatic carbocycles. The molecule has 12 nitrogen and oxygen atoms in total. The summed E-state index contributed by atoms with van der Waals surface area (Å²) in [6, 6.07) is 0. The summed E-state index contributed by atoms with van der Waals surface area (Å²) < 4.78 is 15.3. The van der Waals surface area contributed by atoms with Gasteiger partial charge in [-0.3, -0.25) is 0 Å². The molecule has 2 aliphatic rings. The number of hydrogen-bond acceptors (Lipinski definition) is 12. The lowest BCUT2D eigenvalue weighted by atomic mass is 9.95. The fraction of sp³-hybridized carbons (Fsp3) is 1.00. The van der Waals surface area contributed by atoms with Gasteiger partial charge in [0.2, 0.25) is 0 Å². The molecule has 0 aromatic carbocycles. The van der Waals surface area contributed by atoms with Gasteiger partial charge in [-0.15, -0.1) is 0 Å². The van der Waals surface area contributed by atoms with E-state index < -0.39 is 80.7 Å². The maximum absolute atomic E-state index is 10.0. The monoisotopic (exact) mass is 372 g/mol. The van der Waals surface area contributed by atoms with E-state index in [2.05, 4.69) is 0 Å². The zero-order valence-electron chi connectivity index (χ0n) is 13.0. The second-order valence-electron chi connectivity index (χ2n) is 6.02. The highest BCUT2D eigenvalue weighted by molar-refractivity contribution is 4.95. The van der Waals surface area contributed by atoms with Crippen LogP contribution in [0.1, 0.15) is 0 Å². The van der Waals surface area contributed by atoms with Crippen molar-refractivity contribution in [1.82, 2.24) is 0 Å². The highest BCUT2D eigenvalue weighted by atomic mass is 16.7. The average molecular weight is 372 g/mol. The van der Waals surface area contributed by atoms with Gasteiger partial charge in [-0.1, -0.05) is 0 Å². The Labute approximate surface area is 142 Å². The molecule has 0 bridgehead atoms. The fourth-order valence-electron chi connectivity index (χ4n) is 2.80. The molecule has 0 saturated carbocycles. The predicted octanol–water partition coefficient (Wildman–Crippen LogP) is -6.04. The van der Waals surface area contributed by atoms with Crippen molar-refractivity contribution in [2.75, 3.05) is 13.2 Å². The first-order chi connectivity index (χ1) is 11.7. The highest BCUT2D eigenvalue weighted by Gasteiger charge is 2.51. The van der Waals surface area contributed by atoms with E-state index in [4.69, 9.17) is 19.3 Å². The van der Waals surface area contributed by atoms with E-state index in [1.54, 1.807) is 0 Å². The van der Waals surface area contributed by atoms with Crippen molar-refractivity contribution < 1.29 is 60.2 Å². The lowest BCUT2D eigenvalue weighted by Gasteiger charge is -2.46. The zero-order valence-corrected chi connectivity index (χ0v) is 13.0. The Hall–Kier alpha value is -0.480. The molecule has 12 heteroatoms. The van der Waals surface area contributed by atoms with E-state index in [0.29, 0.717) is 0 Å². The second kappa shape index (κ2) is 8.47. The molecule has 2 fully saturated rings. The van der Waals surface area contributed by atoms with Gasteiger partial charge in [-0.2, -0.15) is 0 Å². The van der Waals surface area contributed by atoms with Crippen molar-refractivity contribution >= 4 is 0 Å². The van der Waals surface area contributed by atoms with Crippen LogP contribution in [0.2, 0.25) is 0 Å². The number of ether oxygens (including phenoxy) is 3. The SMILES string of the molecule is OC[C@H](O)[C@H]1O[C@@H](O[C@H]2[C@H](O)[C@H](O)[C@@H](O)O[C@@H]2CO)[C@@H](O)[C@@H](O)[C@@H]1O. The third-order valence-corrected chi connectivity index (χ3v) is 4.30. The van der Waals surface area contributed by atoms with Crippen molar-refractivity contribution in [2.45, 2.75) is 67.5 Å². The topological polar surface area (TPSA) is 210 Å². The van der Waals surface area contributed by atoms with Crippen LogP contribution < -0.4 is 0 Å². The predicted molar refractivity (Wildman–Crippen MR) is 74.6 cm³/mol. The van der Waals surface area contributed by atoms with Crippen LogP contribution in [0.5, 0.6) is 0 Å². The standard InChI is InChI=1S/C13H24O12/c14-1-3(16)10-6(18)5(17)9(21)13(24-10)25-11-4(2-15)23-12(22)8(20)7(11)19/h3-22H,1-2H2/t3-,4+,5-,6-,7+,8-,9-,10+,11+,12-,13-/m0/s1. The molecule has 9 N–H and O–H groups in total. The molecule has 0 unspecified atom stereocenters. The molecule has 0 radical (unpaired) electrons. The molecule has 0 amide bonds. The molecule has 25 heavy (non-hydrogen) atoms. The Kier molecular flexibility index (Phi) is 7.06. The Morgan fingerprint density at radius 1 is 0.800 bits per heavy atom. The first-order valence-electron chi connectivity index (χ1n) is 7.67. The Morgan fingerprint density at radius 3 is 2.00 bits per heavy atom. The van der Waals surface area contributed by atoms with E-state index in [-0.39, 0.29) is 0 Å². The zero-order chi connectivity index (χ0) is 18.9. The van der Waals surface area contributed by atoms with Gasteiger partial charge in [0, 0.05) is 0 Å². The third-order valence-electron chi connectivity index (χ3n) is 4.30. The average Bonchev–Trinajstić information content (AvgIpc) is 2.61. The first-order valence-corrected chi connectivity index (χ1v) is 7.67. The molecule has 2 saturated heterocycles. The minimum atomic E-state index is -1.81. The van der Waals surface area contributed by atoms with E-state index in [1.165, 1.54) is 0 Å². The Balaban J connectivity index is 2.15. The van der Waals surface area contributed by atoms with Crippen LogP contribution >= 0.6 is 0 Å². The van der Waals surface area contributed by atoms with Gasteiger partial charge in [0.1, 0.15) is 54.9 Å². The summed E-state index contributed by atoms with van der Waals surface area (Å²) in [6.45, 7) is -1.53. The van der Waals surface area contributed by atoms with Crippen LogP contribution in [0.15, 0.2) is 0 Å². The van der Waals surface area contributed by atoms with Crippen LogP contribution in [0, 0.1) is 0 Å². The van der Waals surface area contributed by atoms with Gasteiger partial charge >= 0.3 is 0 Å².